The second kappa shape index (κ2) is 5.42. The van der Waals surface area contributed by atoms with Crippen molar-refractivity contribution < 1.29 is 14.4 Å². The number of rotatable bonds is 3. The van der Waals surface area contributed by atoms with E-state index < -0.39 is 17.8 Å². The van der Waals surface area contributed by atoms with E-state index in [1.807, 2.05) is 0 Å². The molecule has 0 N–H and O–H groups in total. The van der Waals surface area contributed by atoms with Crippen LogP contribution in [0.4, 0.5) is 4.79 Å². The summed E-state index contributed by atoms with van der Waals surface area (Å²) in [5.74, 6) is -1.69. The number of urea groups is 1. The van der Waals surface area contributed by atoms with Crippen LogP contribution in [0.1, 0.15) is 19.4 Å². The summed E-state index contributed by atoms with van der Waals surface area (Å²) in [6, 6.07) is 3.84. The van der Waals surface area contributed by atoms with Crippen molar-refractivity contribution in [3.8, 4) is 0 Å². The highest BCUT2D eigenvalue weighted by atomic mass is 35.5. The predicted molar refractivity (Wildman–Crippen MR) is 74.4 cm³/mol. The molecule has 5 nitrogen and oxygen atoms in total. The molecule has 2 rings (SSSR count). The van der Waals surface area contributed by atoms with E-state index in [4.69, 9.17) is 23.2 Å². The summed E-state index contributed by atoms with van der Waals surface area (Å²) in [6.45, 7) is 3.20. The first kappa shape index (κ1) is 14.8. The molecule has 0 aromatic heterocycles. The first-order valence-electron chi connectivity index (χ1n) is 5.96. The number of carbonyl (C=O) groups is 3. The van der Waals surface area contributed by atoms with E-state index in [0.717, 1.165) is 9.80 Å². The van der Waals surface area contributed by atoms with Crippen molar-refractivity contribution in [1.82, 2.24) is 9.80 Å². The Hall–Kier alpha value is -1.59. The van der Waals surface area contributed by atoms with E-state index in [1.54, 1.807) is 32.0 Å². The minimum atomic E-state index is -0.861. The smallest absolute Gasteiger partial charge is 0.263 e. The normalized spacial score (nSPS) is 15.8. The quantitative estimate of drug-likeness (QED) is 0.636. The largest absolute Gasteiger partial charge is 0.334 e. The molecule has 1 aromatic carbocycles. The lowest BCUT2D eigenvalue weighted by molar-refractivity contribution is -0.144. The van der Waals surface area contributed by atoms with Gasteiger partial charge < -0.3 is 0 Å². The molecule has 0 spiro atoms. The molecular weight excluding hydrogens is 303 g/mol. The highest BCUT2D eigenvalue weighted by Gasteiger charge is 2.45. The molecule has 1 fully saturated rings. The maximum absolute atomic E-state index is 12.1. The first-order chi connectivity index (χ1) is 9.34. The van der Waals surface area contributed by atoms with Gasteiger partial charge in [0.05, 0.1) is 6.54 Å². The van der Waals surface area contributed by atoms with Gasteiger partial charge in [0, 0.05) is 21.7 Å². The van der Waals surface area contributed by atoms with Crippen molar-refractivity contribution in [3.63, 3.8) is 0 Å². The number of carbonyl (C=O) groups excluding carboxylic acids is 3. The summed E-state index contributed by atoms with van der Waals surface area (Å²) in [7, 11) is 0. The van der Waals surface area contributed by atoms with Crippen molar-refractivity contribution in [2.75, 3.05) is 0 Å². The highest BCUT2D eigenvalue weighted by Crippen LogP contribution is 2.27. The first-order valence-corrected chi connectivity index (χ1v) is 6.72. The minimum absolute atomic E-state index is 0.120. The molecule has 0 saturated carbocycles. The molecule has 4 amide bonds. The summed E-state index contributed by atoms with van der Waals surface area (Å²) >= 11 is 12.0. The Balaban J connectivity index is 2.33. The molecule has 0 radical (unpaired) electrons. The highest BCUT2D eigenvalue weighted by molar-refractivity contribution is 6.44. The van der Waals surface area contributed by atoms with Gasteiger partial charge in [-0.05, 0) is 26.0 Å². The van der Waals surface area contributed by atoms with Crippen LogP contribution in [0.2, 0.25) is 10.0 Å². The van der Waals surface area contributed by atoms with E-state index in [-0.39, 0.29) is 12.6 Å². The summed E-state index contributed by atoms with van der Waals surface area (Å²) in [6.07, 6.45) is 0. The standard InChI is InChI=1S/C13H12Cl2N2O3/c1-7(2)17-12(19)11(18)16(13(17)20)6-8-9(14)4-3-5-10(8)15/h3-5,7H,6H2,1-2H3. The SMILES string of the molecule is CC(C)N1C(=O)C(=O)N(Cc2c(Cl)cccc2Cl)C1=O. The molecule has 0 aliphatic carbocycles. The Morgan fingerprint density at radius 3 is 2.05 bits per heavy atom. The monoisotopic (exact) mass is 314 g/mol. The van der Waals surface area contributed by atoms with Crippen LogP contribution in [0.5, 0.6) is 0 Å². The Morgan fingerprint density at radius 2 is 1.60 bits per heavy atom. The topological polar surface area (TPSA) is 57.7 Å². The zero-order valence-corrected chi connectivity index (χ0v) is 12.4. The van der Waals surface area contributed by atoms with Crippen LogP contribution in [-0.2, 0) is 16.1 Å². The van der Waals surface area contributed by atoms with E-state index in [9.17, 15) is 14.4 Å². The maximum atomic E-state index is 12.1. The van der Waals surface area contributed by atoms with Gasteiger partial charge in [0.2, 0.25) is 0 Å². The van der Waals surface area contributed by atoms with Crippen molar-refractivity contribution in [1.29, 1.82) is 0 Å². The third kappa shape index (κ3) is 2.39. The molecule has 0 bridgehead atoms. The predicted octanol–water partition coefficient (Wildman–Crippen LogP) is 2.69. The van der Waals surface area contributed by atoms with Crippen molar-refractivity contribution >= 4 is 41.0 Å². The maximum Gasteiger partial charge on any atom is 0.334 e. The number of halogens is 2. The summed E-state index contributed by atoms with van der Waals surface area (Å²) < 4.78 is 0. The van der Waals surface area contributed by atoms with Crippen LogP contribution in [-0.4, -0.2) is 33.7 Å². The molecule has 106 valence electrons. The molecule has 1 aromatic rings. The van der Waals surface area contributed by atoms with Gasteiger partial charge in [0.15, 0.2) is 0 Å². The summed E-state index contributed by atoms with van der Waals surface area (Å²) in [5.41, 5.74) is 0.441. The Morgan fingerprint density at radius 1 is 1.05 bits per heavy atom. The van der Waals surface area contributed by atoms with Gasteiger partial charge in [-0.2, -0.15) is 0 Å². The third-order valence-corrected chi connectivity index (χ3v) is 3.69. The summed E-state index contributed by atoms with van der Waals surface area (Å²) in [5, 5.41) is 0.682. The minimum Gasteiger partial charge on any atom is -0.263 e. The molecule has 7 heteroatoms. The van der Waals surface area contributed by atoms with Gasteiger partial charge in [-0.15, -0.1) is 0 Å². The van der Waals surface area contributed by atoms with Crippen LogP contribution in [0, 0.1) is 0 Å². The van der Waals surface area contributed by atoms with Gasteiger partial charge in [-0.25, -0.2) is 4.79 Å². The van der Waals surface area contributed by atoms with Crippen molar-refractivity contribution in [2.45, 2.75) is 26.4 Å². The zero-order chi connectivity index (χ0) is 15.0. The van der Waals surface area contributed by atoms with Crippen LogP contribution >= 0.6 is 23.2 Å². The average molecular weight is 315 g/mol. The number of amides is 4. The number of hydrogen-bond donors (Lipinski definition) is 0. The van der Waals surface area contributed by atoms with Crippen LogP contribution in [0.15, 0.2) is 18.2 Å². The second-order valence-corrected chi connectivity index (χ2v) is 5.46. The Bertz CT molecular complexity index is 581. The van der Waals surface area contributed by atoms with Crippen molar-refractivity contribution in [3.05, 3.63) is 33.8 Å². The fourth-order valence-electron chi connectivity index (χ4n) is 1.96. The van der Waals surface area contributed by atoms with Crippen LogP contribution in [0.3, 0.4) is 0 Å². The molecule has 1 aliphatic heterocycles. The molecular formula is C13H12Cl2N2O3. The number of hydrogen-bond acceptors (Lipinski definition) is 3. The van der Waals surface area contributed by atoms with Crippen LogP contribution in [0.25, 0.3) is 0 Å². The van der Waals surface area contributed by atoms with E-state index in [1.165, 1.54) is 0 Å². The molecule has 20 heavy (non-hydrogen) atoms. The second-order valence-electron chi connectivity index (χ2n) is 4.64. The number of nitrogens with zero attached hydrogens (tertiary/aromatic N) is 2. The molecule has 0 atom stereocenters. The summed E-state index contributed by atoms with van der Waals surface area (Å²) in [4.78, 5) is 37.6. The van der Waals surface area contributed by atoms with Gasteiger partial charge in [-0.3, -0.25) is 19.4 Å². The molecule has 0 unspecified atom stereocenters. The molecule has 1 saturated heterocycles. The fourth-order valence-corrected chi connectivity index (χ4v) is 2.48. The lowest BCUT2D eigenvalue weighted by Crippen LogP contribution is -2.37. The van der Waals surface area contributed by atoms with E-state index in [0.29, 0.717) is 15.6 Å². The molecule has 1 heterocycles. The molecule has 1 aliphatic rings. The third-order valence-electron chi connectivity index (χ3n) is 2.98. The lowest BCUT2D eigenvalue weighted by atomic mass is 10.2. The van der Waals surface area contributed by atoms with Gasteiger partial charge in [0.1, 0.15) is 0 Å². The lowest BCUT2D eigenvalue weighted by Gasteiger charge is -2.19. The van der Waals surface area contributed by atoms with Crippen LogP contribution < -0.4 is 0 Å². The Labute approximate surface area is 126 Å². The zero-order valence-electron chi connectivity index (χ0n) is 10.9. The van der Waals surface area contributed by atoms with E-state index in [2.05, 4.69) is 0 Å². The van der Waals surface area contributed by atoms with Crippen molar-refractivity contribution in [2.24, 2.45) is 0 Å². The number of benzene rings is 1. The van der Waals surface area contributed by atoms with Gasteiger partial charge >= 0.3 is 17.8 Å². The van der Waals surface area contributed by atoms with E-state index >= 15 is 0 Å². The van der Waals surface area contributed by atoms with Gasteiger partial charge in [0.25, 0.3) is 0 Å². The van der Waals surface area contributed by atoms with Gasteiger partial charge in [-0.1, -0.05) is 29.3 Å². The number of imide groups is 2. The average Bonchev–Trinajstić information content (AvgIpc) is 2.57. The fraction of sp³-hybridized carbons (Fsp3) is 0.308. The Kier molecular flexibility index (Phi) is 4.01.